The van der Waals surface area contributed by atoms with Gasteiger partial charge in [0.25, 0.3) is 0 Å². The van der Waals surface area contributed by atoms with E-state index >= 15 is 0 Å². The van der Waals surface area contributed by atoms with Crippen molar-refractivity contribution < 1.29 is 9.59 Å². The molecule has 1 atom stereocenters. The van der Waals surface area contributed by atoms with E-state index < -0.39 is 0 Å². The Labute approximate surface area is 102 Å². The summed E-state index contributed by atoms with van der Waals surface area (Å²) in [6.45, 7) is 0. The van der Waals surface area contributed by atoms with Gasteiger partial charge in [0.15, 0.2) is 0 Å². The lowest BCUT2D eigenvalue weighted by Crippen LogP contribution is -2.47. The van der Waals surface area contributed by atoms with Crippen LogP contribution in [0.25, 0.3) is 0 Å². The first kappa shape index (κ1) is 11.1. The first-order valence-electron chi connectivity index (χ1n) is 5.01. The average Bonchev–Trinajstić information content (AvgIpc) is 2.22. The normalized spacial score (nSPS) is 20.4. The van der Waals surface area contributed by atoms with Crippen LogP contribution in [0.4, 0.5) is 5.69 Å². The average molecular weight is 283 g/mol. The monoisotopic (exact) mass is 282 g/mol. The summed E-state index contributed by atoms with van der Waals surface area (Å²) in [5.41, 5.74) is 0.865. The van der Waals surface area contributed by atoms with Gasteiger partial charge >= 0.3 is 0 Å². The van der Waals surface area contributed by atoms with Gasteiger partial charge in [-0.15, -0.1) is 0 Å². The minimum atomic E-state index is -0.327. The van der Waals surface area contributed by atoms with Crippen LogP contribution in [0.15, 0.2) is 28.7 Å². The van der Waals surface area contributed by atoms with E-state index in [0.29, 0.717) is 12.8 Å². The van der Waals surface area contributed by atoms with Crippen LogP contribution in [0.1, 0.15) is 12.8 Å². The van der Waals surface area contributed by atoms with Crippen molar-refractivity contribution in [3.8, 4) is 0 Å². The third kappa shape index (κ3) is 2.61. The van der Waals surface area contributed by atoms with Crippen LogP contribution < -0.4 is 10.6 Å². The Balaban J connectivity index is 2.05. The molecule has 4 nitrogen and oxygen atoms in total. The highest BCUT2D eigenvalue weighted by atomic mass is 79.9. The molecule has 1 unspecified atom stereocenters. The highest BCUT2D eigenvalue weighted by Gasteiger charge is 2.26. The zero-order chi connectivity index (χ0) is 11.5. The van der Waals surface area contributed by atoms with E-state index in [1.54, 1.807) is 0 Å². The number of amides is 2. The number of hydrogen-bond donors (Lipinski definition) is 2. The zero-order valence-corrected chi connectivity index (χ0v) is 10.1. The number of benzene rings is 1. The van der Waals surface area contributed by atoms with Gasteiger partial charge in [-0.3, -0.25) is 14.9 Å². The van der Waals surface area contributed by atoms with Crippen LogP contribution in [0.5, 0.6) is 0 Å². The van der Waals surface area contributed by atoms with Crippen LogP contribution in [-0.4, -0.2) is 17.9 Å². The second-order valence-corrected chi connectivity index (χ2v) is 4.57. The molecule has 1 aromatic carbocycles. The van der Waals surface area contributed by atoms with Gasteiger partial charge < -0.3 is 5.32 Å². The second-order valence-electron chi connectivity index (χ2n) is 3.66. The Morgan fingerprint density at radius 3 is 2.88 bits per heavy atom. The van der Waals surface area contributed by atoms with Gasteiger partial charge in [0.2, 0.25) is 11.8 Å². The predicted molar refractivity (Wildman–Crippen MR) is 63.9 cm³/mol. The zero-order valence-electron chi connectivity index (χ0n) is 8.50. The maximum Gasteiger partial charge on any atom is 0.249 e. The number of carbonyl (C=O) groups excluding carboxylic acids is 2. The van der Waals surface area contributed by atoms with Gasteiger partial charge in [-0.2, -0.15) is 0 Å². The third-order valence-electron chi connectivity index (χ3n) is 2.40. The fraction of sp³-hybridized carbons (Fsp3) is 0.273. The van der Waals surface area contributed by atoms with E-state index in [9.17, 15) is 9.59 Å². The van der Waals surface area contributed by atoms with Crippen LogP contribution in [0, 0.1) is 0 Å². The SMILES string of the molecule is O=C1CCC(Nc2cccc(Br)c2)C(=O)N1. The highest BCUT2D eigenvalue weighted by Crippen LogP contribution is 2.18. The van der Waals surface area contributed by atoms with Crippen molar-refractivity contribution in [3.05, 3.63) is 28.7 Å². The molecular weight excluding hydrogens is 272 g/mol. The fourth-order valence-corrected chi connectivity index (χ4v) is 2.01. The molecule has 0 aromatic heterocycles. The van der Waals surface area contributed by atoms with Crippen LogP contribution in [-0.2, 0) is 9.59 Å². The molecule has 1 saturated heterocycles. The number of imide groups is 1. The maximum atomic E-state index is 11.5. The van der Waals surface area contributed by atoms with Crippen molar-refractivity contribution in [3.63, 3.8) is 0 Å². The minimum Gasteiger partial charge on any atom is -0.374 e. The second kappa shape index (κ2) is 4.65. The lowest BCUT2D eigenvalue weighted by Gasteiger charge is -2.22. The molecule has 0 radical (unpaired) electrons. The van der Waals surface area contributed by atoms with Crippen LogP contribution in [0.2, 0.25) is 0 Å². The number of piperidine rings is 1. The lowest BCUT2D eigenvalue weighted by atomic mass is 10.1. The van der Waals surface area contributed by atoms with Gasteiger partial charge in [0, 0.05) is 16.6 Å². The van der Waals surface area contributed by atoms with E-state index in [0.717, 1.165) is 10.2 Å². The summed E-state index contributed by atoms with van der Waals surface area (Å²) in [6.07, 6.45) is 0.925. The van der Waals surface area contributed by atoms with E-state index in [1.807, 2.05) is 24.3 Å². The molecular formula is C11H11BrN2O2. The topological polar surface area (TPSA) is 58.2 Å². The molecule has 2 N–H and O–H groups in total. The molecule has 1 heterocycles. The third-order valence-corrected chi connectivity index (χ3v) is 2.90. The number of nitrogens with one attached hydrogen (secondary N) is 2. The molecule has 0 bridgehead atoms. The predicted octanol–water partition coefficient (Wildman–Crippen LogP) is 1.67. The van der Waals surface area contributed by atoms with E-state index in [-0.39, 0.29) is 17.9 Å². The van der Waals surface area contributed by atoms with Crippen molar-refractivity contribution in [2.24, 2.45) is 0 Å². The van der Waals surface area contributed by atoms with Gasteiger partial charge in [-0.25, -0.2) is 0 Å². The molecule has 2 rings (SSSR count). The number of carbonyl (C=O) groups is 2. The summed E-state index contributed by atoms with van der Waals surface area (Å²) in [6, 6.07) is 7.25. The number of halogens is 1. The molecule has 84 valence electrons. The van der Waals surface area contributed by atoms with Crippen molar-refractivity contribution in [1.82, 2.24) is 5.32 Å². The Morgan fingerprint density at radius 2 is 2.19 bits per heavy atom. The van der Waals surface area contributed by atoms with Crippen molar-refractivity contribution in [2.75, 3.05) is 5.32 Å². The summed E-state index contributed by atoms with van der Waals surface area (Å²) in [4.78, 5) is 22.4. The molecule has 2 amide bonds. The molecule has 1 aromatic rings. The minimum absolute atomic E-state index is 0.197. The first-order valence-corrected chi connectivity index (χ1v) is 5.80. The van der Waals surface area contributed by atoms with Gasteiger partial charge in [-0.05, 0) is 24.6 Å². The summed E-state index contributed by atoms with van der Waals surface area (Å²) >= 11 is 3.36. The Morgan fingerprint density at radius 1 is 1.38 bits per heavy atom. The van der Waals surface area contributed by atoms with E-state index in [4.69, 9.17) is 0 Å². The van der Waals surface area contributed by atoms with Crippen molar-refractivity contribution in [1.29, 1.82) is 0 Å². The fourth-order valence-electron chi connectivity index (χ4n) is 1.61. The van der Waals surface area contributed by atoms with Gasteiger partial charge in [0.05, 0.1) is 0 Å². The summed E-state index contributed by atoms with van der Waals surface area (Å²) in [7, 11) is 0. The molecule has 0 spiro atoms. The lowest BCUT2D eigenvalue weighted by molar-refractivity contribution is -0.133. The maximum absolute atomic E-state index is 11.5. The standard InChI is InChI=1S/C11H11BrN2O2/c12-7-2-1-3-8(6-7)13-9-4-5-10(15)14-11(9)16/h1-3,6,9,13H,4-5H2,(H,14,15,16). The Hall–Kier alpha value is -1.36. The van der Waals surface area contributed by atoms with Crippen LogP contribution in [0.3, 0.4) is 0 Å². The molecule has 0 saturated carbocycles. The van der Waals surface area contributed by atoms with E-state index in [1.165, 1.54) is 0 Å². The Bertz CT molecular complexity index is 434. The summed E-state index contributed by atoms with van der Waals surface area (Å²) < 4.78 is 0.949. The quantitative estimate of drug-likeness (QED) is 0.812. The van der Waals surface area contributed by atoms with Gasteiger partial charge in [-0.1, -0.05) is 22.0 Å². The molecule has 1 aliphatic rings. The number of anilines is 1. The molecule has 16 heavy (non-hydrogen) atoms. The van der Waals surface area contributed by atoms with Crippen molar-refractivity contribution in [2.45, 2.75) is 18.9 Å². The molecule has 1 aliphatic heterocycles. The van der Waals surface area contributed by atoms with Gasteiger partial charge in [0.1, 0.15) is 6.04 Å². The molecule has 5 heteroatoms. The molecule has 1 fully saturated rings. The largest absolute Gasteiger partial charge is 0.374 e. The highest BCUT2D eigenvalue weighted by molar-refractivity contribution is 9.10. The first-order chi connectivity index (χ1) is 7.65. The van der Waals surface area contributed by atoms with E-state index in [2.05, 4.69) is 26.6 Å². The van der Waals surface area contributed by atoms with Crippen molar-refractivity contribution >= 4 is 33.4 Å². The number of rotatable bonds is 2. The summed E-state index contributed by atoms with van der Waals surface area (Å²) in [5.74, 6) is -0.450. The Kier molecular flexibility index (Phi) is 3.24. The molecule has 0 aliphatic carbocycles. The van der Waals surface area contributed by atoms with Crippen LogP contribution >= 0.6 is 15.9 Å². The number of hydrogen-bond acceptors (Lipinski definition) is 3. The smallest absolute Gasteiger partial charge is 0.249 e. The summed E-state index contributed by atoms with van der Waals surface area (Å²) in [5, 5.41) is 5.41.